The van der Waals surface area contributed by atoms with Crippen LogP contribution in [0.1, 0.15) is 29.6 Å². The van der Waals surface area contributed by atoms with Crippen molar-refractivity contribution in [3.8, 4) is 0 Å². The molecule has 1 fully saturated rings. The van der Waals surface area contributed by atoms with Crippen LogP contribution < -0.4 is 11.1 Å². The number of carboxylic acids is 1. The Hall–Kier alpha value is -1.40. The van der Waals surface area contributed by atoms with Crippen LogP contribution in [0.2, 0.25) is 0 Å². The molecule has 1 aliphatic rings. The fraction of sp³-hybridized carbons (Fsp3) is 0.429. The second kappa shape index (κ2) is 6.37. The lowest BCUT2D eigenvalue weighted by atomic mass is 9.95. The van der Waals surface area contributed by atoms with Gasteiger partial charge < -0.3 is 16.2 Å². The van der Waals surface area contributed by atoms with E-state index in [1.807, 2.05) is 0 Å². The Morgan fingerprint density at radius 3 is 2.80 bits per heavy atom. The molecule has 0 aliphatic heterocycles. The van der Waals surface area contributed by atoms with Gasteiger partial charge in [0.2, 0.25) is 5.91 Å². The SMILES string of the molecule is NCC1CCCC1C(=O)Nc1c(Br)cccc1C(=O)O. The first kappa shape index (κ1) is 15.0. The second-order valence-electron chi connectivity index (χ2n) is 4.99. The normalized spacial score (nSPS) is 21.7. The van der Waals surface area contributed by atoms with Crippen molar-refractivity contribution in [2.24, 2.45) is 17.6 Å². The minimum Gasteiger partial charge on any atom is -0.478 e. The summed E-state index contributed by atoms with van der Waals surface area (Å²) < 4.78 is 0.563. The molecule has 6 heteroatoms. The van der Waals surface area contributed by atoms with Gasteiger partial charge >= 0.3 is 5.97 Å². The van der Waals surface area contributed by atoms with Crippen LogP contribution in [0.4, 0.5) is 5.69 Å². The standard InChI is InChI=1S/C14H17BrN2O3/c15-11-6-2-5-10(14(19)20)12(11)17-13(18)9-4-1-3-8(9)7-16/h2,5-6,8-9H,1,3-4,7,16H2,(H,17,18)(H,19,20). The molecule has 1 aliphatic carbocycles. The number of para-hydroxylation sites is 1. The summed E-state index contributed by atoms with van der Waals surface area (Å²) in [7, 11) is 0. The first-order valence-electron chi connectivity index (χ1n) is 6.57. The molecule has 108 valence electrons. The number of carbonyl (C=O) groups is 2. The van der Waals surface area contributed by atoms with Crippen LogP contribution in [0, 0.1) is 11.8 Å². The molecule has 0 aromatic heterocycles. The largest absolute Gasteiger partial charge is 0.478 e. The number of hydrogen-bond acceptors (Lipinski definition) is 3. The molecular weight excluding hydrogens is 324 g/mol. The van der Waals surface area contributed by atoms with Crippen LogP contribution in [0.15, 0.2) is 22.7 Å². The average Bonchev–Trinajstić information content (AvgIpc) is 2.89. The smallest absolute Gasteiger partial charge is 0.337 e. The highest BCUT2D eigenvalue weighted by molar-refractivity contribution is 9.10. The average molecular weight is 341 g/mol. The molecule has 1 saturated carbocycles. The number of halogens is 1. The summed E-state index contributed by atoms with van der Waals surface area (Å²) >= 11 is 3.28. The Labute approximate surface area is 125 Å². The zero-order chi connectivity index (χ0) is 14.7. The van der Waals surface area contributed by atoms with Crippen LogP contribution in [-0.4, -0.2) is 23.5 Å². The third-order valence-corrected chi connectivity index (χ3v) is 4.45. The Balaban J connectivity index is 2.21. The summed E-state index contributed by atoms with van der Waals surface area (Å²) in [6.45, 7) is 0.486. The van der Waals surface area contributed by atoms with Gasteiger partial charge in [0.25, 0.3) is 0 Å². The molecule has 0 spiro atoms. The van der Waals surface area contributed by atoms with E-state index in [0.717, 1.165) is 19.3 Å². The topological polar surface area (TPSA) is 92.4 Å². The first-order chi connectivity index (χ1) is 9.54. The van der Waals surface area contributed by atoms with Crippen LogP contribution >= 0.6 is 15.9 Å². The van der Waals surface area contributed by atoms with Crippen LogP contribution in [-0.2, 0) is 4.79 Å². The van der Waals surface area contributed by atoms with Crippen molar-refractivity contribution >= 4 is 33.5 Å². The Bertz CT molecular complexity index is 533. The van der Waals surface area contributed by atoms with E-state index in [4.69, 9.17) is 5.73 Å². The molecule has 0 radical (unpaired) electrons. The van der Waals surface area contributed by atoms with Crippen molar-refractivity contribution in [1.82, 2.24) is 0 Å². The number of carbonyl (C=O) groups excluding carboxylic acids is 1. The molecule has 1 amide bonds. The van der Waals surface area contributed by atoms with E-state index in [2.05, 4.69) is 21.2 Å². The molecule has 20 heavy (non-hydrogen) atoms. The molecule has 4 N–H and O–H groups in total. The number of nitrogens with one attached hydrogen (secondary N) is 1. The van der Waals surface area contributed by atoms with Gasteiger partial charge in [-0.15, -0.1) is 0 Å². The van der Waals surface area contributed by atoms with Gasteiger partial charge in [-0.25, -0.2) is 4.79 Å². The lowest BCUT2D eigenvalue weighted by molar-refractivity contribution is -0.120. The van der Waals surface area contributed by atoms with E-state index >= 15 is 0 Å². The summed E-state index contributed by atoms with van der Waals surface area (Å²) in [5, 5.41) is 11.9. The quantitative estimate of drug-likeness (QED) is 0.784. The second-order valence-corrected chi connectivity index (χ2v) is 5.84. The van der Waals surface area contributed by atoms with E-state index in [0.29, 0.717) is 16.7 Å². The van der Waals surface area contributed by atoms with Gasteiger partial charge in [0.05, 0.1) is 11.3 Å². The van der Waals surface area contributed by atoms with Crippen molar-refractivity contribution in [3.05, 3.63) is 28.2 Å². The highest BCUT2D eigenvalue weighted by Gasteiger charge is 2.32. The molecule has 1 aromatic carbocycles. The molecule has 0 bridgehead atoms. The van der Waals surface area contributed by atoms with E-state index in [-0.39, 0.29) is 23.3 Å². The number of anilines is 1. The molecular formula is C14H17BrN2O3. The Kier molecular flexibility index (Phi) is 4.77. The van der Waals surface area contributed by atoms with Gasteiger partial charge in [0.1, 0.15) is 0 Å². The highest BCUT2D eigenvalue weighted by Crippen LogP contribution is 2.33. The van der Waals surface area contributed by atoms with Gasteiger partial charge in [-0.1, -0.05) is 12.5 Å². The maximum Gasteiger partial charge on any atom is 0.337 e. The maximum absolute atomic E-state index is 12.3. The van der Waals surface area contributed by atoms with Gasteiger partial charge in [0, 0.05) is 10.4 Å². The fourth-order valence-electron chi connectivity index (χ4n) is 2.71. The number of aromatic carboxylic acids is 1. The molecule has 5 nitrogen and oxygen atoms in total. The molecule has 2 rings (SSSR count). The van der Waals surface area contributed by atoms with Crippen molar-refractivity contribution in [2.45, 2.75) is 19.3 Å². The number of carboxylic acid groups (broad SMARTS) is 1. The highest BCUT2D eigenvalue weighted by atomic mass is 79.9. The van der Waals surface area contributed by atoms with Crippen LogP contribution in [0.25, 0.3) is 0 Å². The maximum atomic E-state index is 12.3. The van der Waals surface area contributed by atoms with E-state index < -0.39 is 5.97 Å². The molecule has 2 atom stereocenters. The summed E-state index contributed by atoms with van der Waals surface area (Å²) in [4.78, 5) is 23.5. The van der Waals surface area contributed by atoms with Crippen molar-refractivity contribution in [2.75, 3.05) is 11.9 Å². The number of nitrogens with two attached hydrogens (primary N) is 1. The van der Waals surface area contributed by atoms with E-state index in [1.165, 1.54) is 6.07 Å². The van der Waals surface area contributed by atoms with Crippen LogP contribution in [0.5, 0.6) is 0 Å². The molecule has 0 saturated heterocycles. The van der Waals surface area contributed by atoms with Gasteiger partial charge in [-0.3, -0.25) is 4.79 Å². The van der Waals surface area contributed by atoms with Crippen molar-refractivity contribution in [1.29, 1.82) is 0 Å². The Morgan fingerprint density at radius 1 is 1.40 bits per heavy atom. The minimum atomic E-state index is -1.07. The summed E-state index contributed by atoms with van der Waals surface area (Å²) in [6, 6.07) is 4.80. The summed E-state index contributed by atoms with van der Waals surface area (Å²) in [5.74, 6) is -1.16. The monoisotopic (exact) mass is 340 g/mol. The minimum absolute atomic E-state index is 0.0787. The lowest BCUT2D eigenvalue weighted by Gasteiger charge is -2.18. The zero-order valence-electron chi connectivity index (χ0n) is 10.9. The van der Waals surface area contributed by atoms with Crippen molar-refractivity contribution in [3.63, 3.8) is 0 Å². The number of amides is 1. The fourth-order valence-corrected chi connectivity index (χ4v) is 3.17. The third-order valence-electron chi connectivity index (χ3n) is 3.79. The molecule has 2 unspecified atom stereocenters. The summed E-state index contributed by atoms with van der Waals surface area (Å²) in [6.07, 6.45) is 2.75. The summed E-state index contributed by atoms with van der Waals surface area (Å²) in [5.41, 5.74) is 6.07. The predicted molar refractivity (Wildman–Crippen MR) is 79.6 cm³/mol. The van der Waals surface area contributed by atoms with Gasteiger partial charge in [-0.05, 0) is 53.4 Å². The van der Waals surface area contributed by atoms with E-state index in [9.17, 15) is 14.7 Å². The van der Waals surface area contributed by atoms with Crippen LogP contribution in [0.3, 0.4) is 0 Å². The molecule has 1 aromatic rings. The van der Waals surface area contributed by atoms with Gasteiger partial charge in [0.15, 0.2) is 0 Å². The zero-order valence-corrected chi connectivity index (χ0v) is 12.5. The number of hydrogen-bond donors (Lipinski definition) is 3. The number of benzene rings is 1. The number of rotatable bonds is 4. The van der Waals surface area contributed by atoms with Crippen molar-refractivity contribution < 1.29 is 14.7 Å². The Morgan fingerprint density at radius 2 is 2.15 bits per heavy atom. The third kappa shape index (κ3) is 3.02. The lowest BCUT2D eigenvalue weighted by Crippen LogP contribution is -2.30. The van der Waals surface area contributed by atoms with E-state index in [1.54, 1.807) is 12.1 Å². The van der Waals surface area contributed by atoms with Gasteiger partial charge in [-0.2, -0.15) is 0 Å². The first-order valence-corrected chi connectivity index (χ1v) is 7.36. The predicted octanol–water partition coefficient (Wildman–Crippen LogP) is 2.46. The molecule has 0 heterocycles.